The molecule has 2 rings (SSSR count). The monoisotopic (exact) mass is 294 g/mol. The topological polar surface area (TPSA) is 42.3 Å². The number of aromatic nitrogens is 2. The Morgan fingerprint density at radius 2 is 2.19 bits per heavy atom. The maximum Gasteiger partial charge on any atom is 0.122 e. The van der Waals surface area contributed by atoms with E-state index in [4.69, 9.17) is 4.74 Å². The molecule has 0 bridgehead atoms. The SMILES string of the molecule is CCCNCC1(CN(C)Cc2nccn2C)CCOCC1. The summed E-state index contributed by atoms with van der Waals surface area (Å²) < 4.78 is 7.67. The number of ether oxygens (including phenoxy) is 1. The molecular formula is C16H30N4O. The van der Waals surface area contributed by atoms with E-state index in [1.165, 1.54) is 6.42 Å². The number of imidazole rings is 1. The summed E-state index contributed by atoms with van der Waals surface area (Å²) in [7, 11) is 4.26. The van der Waals surface area contributed by atoms with Gasteiger partial charge >= 0.3 is 0 Å². The zero-order chi connectivity index (χ0) is 15.1. The standard InChI is InChI=1S/C16H30N4O/c1-4-7-17-13-16(5-10-21-11-6-16)14-19(2)12-15-18-8-9-20(15)3/h8-9,17H,4-7,10-14H2,1-3H3. The Kier molecular flexibility index (Phi) is 6.21. The molecule has 1 aromatic rings. The molecule has 5 heteroatoms. The summed E-state index contributed by atoms with van der Waals surface area (Å²) >= 11 is 0. The number of aryl methyl sites for hydroxylation is 1. The molecule has 0 amide bonds. The van der Waals surface area contributed by atoms with Gasteiger partial charge in [0.2, 0.25) is 0 Å². The minimum Gasteiger partial charge on any atom is -0.381 e. The van der Waals surface area contributed by atoms with Crippen LogP contribution in [0.15, 0.2) is 12.4 Å². The van der Waals surface area contributed by atoms with Gasteiger partial charge in [-0.25, -0.2) is 4.98 Å². The van der Waals surface area contributed by atoms with Crippen LogP contribution in [0.25, 0.3) is 0 Å². The average molecular weight is 294 g/mol. The van der Waals surface area contributed by atoms with Crippen molar-refractivity contribution in [3.05, 3.63) is 18.2 Å². The van der Waals surface area contributed by atoms with E-state index in [1.807, 2.05) is 12.4 Å². The molecule has 0 spiro atoms. The lowest BCUT2D eigenvalue weighted by Crippen LogP contribution is -2.46. The van der Waals surface area contributed by atoms with Gasteiger partial charge in [-0.1, -0.05) is 6.92 Å². The van der Waals surface area contributed by atoms with Gasteiger partial charge in [0.05, 0.1) is 6.54 Å². The molecule has 2 heterocycles. The van der Waals surface area contributed by atoms with E-state index in [0.29, 0.717) is 5.41 Å². The average Bonchev–Trinajstić information content (AvgIpc) is 2.85. The first-order valence-electron chi connectivity index (χ1n) is 8.08. The highest BCUT2D eigenvalue weighted by Crippen LogP contribution is 2.31. The highest BCUT2D eigenvalue weighted by molar-refractivity contribution is 4.93. The van der Waals surface area contributed by atoms with Crippen molar-refractivity contribution >= 4 is 0 Å². The first-order valence-corrected chi connectivity index (χ1v) is 8.08. The molecule has 0 unspecified atom stereocenters. The summed E-state index contributed by atoms with van der Waals surface area (Å²) in [5, 5.41) is 3.62. The first kappa shape index (κ1) is 16.5. The smallest absolute Gasteiger partial charge is 0.122 e. The van der Waals surface area contributed by atoms with Crippen LogP contribution in [0.1, 0.15) is 32.0 Å². The molecule has 0 radical (unpaired) electrons. The van der Waals surface area contributed by atoms with Crippen molar-refractivity contribution in [1.82, 2.24) is 19.8 Å². The fourth-order valence-electron chi connectivity index (χ4n) is 3.14. The van der Waals surface area contributed by atoms with Crippen LogP contribution in [-0.4, -0.2) is 54.3 Å². The van der Waals surface area contributed by atoms with Crippen LogP contribution in [0, 0.1) is 5.41 Å². The highest BCUT2D eigenvalue weighted by atomic mass is 16.5. The molecule has 1 aromatic heterocycles. The van der Waals surface area contributed by atoms with Crippen molar-refractivity contribution in [3.63, 3.8) is 0 Å². The van der Waals surface area contributed by atoms with Gasteiger partial charge in [-0.2, -0.15) is 0 Å². The van der Waals surface area contributed by atoms with E-state index in [2.05, 4.69) is 40.8 Å². The van der Waals surface area contributed by atoms with E-state index in [1.54, 1.807) is 0 Å². The fourth-order valence-corrected chi connectivity index (χ4v) is 3.14. The second-order valence-electron chi connectivity index (χ2n) is 6.42. The van der Waals surface area contributed by atoms with Crippen molar-refractivity contribution in [2.45, 2.75) is 32.7 Å². The lowest BCUT2D eigenvalue weighted by molar-refractivity contribution is -0.00192. The number of nitrogens with zero attached hydrogens (tertiary/aromatic N) is 3. The third-order valence-electron chi connectivity index (χ3n) is 4.42. The second kappa shape index (κ2) is 7.92. The Balaban J connectivity index is 1.92. The molecule has 1 aliphatic heterocycles. The zero-order valence-corrected chi connectivity index (χ0v) is 13.8. The summed E-state index contributed by atoms with van der Waals surface area (Å²) in [4.78, 5) is 6.83. The summed E-state index contributed by atoms with van der Waals surface area (Å²) in [6.45, 7) is 8.20. The van der Waals surface area contributed by atoms with Gasteiger partial charge in [0.25, 0.3) is 0 Å². The number of nitrogens with one attached hydrogen (secondary N) is 1. The number of hydrogen-bond acceptors (Lipinski definition) is 4. The van der Waals surface area contributed by atoms with Gasteiger partial charge in [0.1, 0.15) is 5.82 Å². The Hall–Kier alpha value is -0.910. The van der Waals surface area contributed by atoms with E-state index in [9.17, 15) is 0 Å². The normalized spacial score (nSPS) is 18.3. The van der Waals surface area contributed by atoms with Gasteiger partial charge in [0.15, 0.2) is 0 Å². The van der Waals surface area contributed by atoms with E-state index >= 15 is 0 Å². The molecule has 21 heavy (non-hydrogen) atoms. The molecule has 0 atom stereocenters. The van der Waals surface area contributed by atoms with Gasteiger partial charge in [0, 0.05) is 45.7 Å². The first-order chi connectivity index (χ1) is 10.2. The van der Waals surface area contributed by atoms with E-state index < -0.39 is 0 Å². The Labute approximate surface area is 128 Å². The molecule has 0 saturated carbocycles. The Morgan fingerprint density at radius 1 is 1.43 bits per heavy atom. The van der Waals surface area contributed by atoms with Crippen molar-refractivity contribution in [3.8, 4) is 0 Å². The van der Waals surface area contributed by atoms with Crippen LogP contribution in [0.2, 0.25) is 0 Å². The minimum atomic E-state index is 0.341. The summed E-state index contributed by atoms with van der Waals surface area (Å²) in [5.41, 5.74) is 0.341. The van der Waals surface area contributed by atoms with Gasteiger partial charge in [-0.05, 0) is 38.3 Å². The minimum absolute atomic E-state index is 0.341. The molecule has 1 fully saturated rings. The zero-order valence-electron chi connectivity index (χ0n) is 13.8. The molecule has 120 valence electrons. The predicted molar refractivity (Wildman–Crippen MR) is 85.2 cm³/mol. The summed E-state index contributed by atoms with van der Waals surface area (Å²) in [6, 6.07) is 0. The van der Waals surface area contributed by atoms with Crippen LogP contribution in [0.5, 0.6) is 0 Å². The number of rotatable bonds is 8. The maximum atomic E-state index is 5.57. The van der Waals surface area contributed by atoms with Crippen LogP contribution < -0.4 is 5.32 Å². The third kappa shape index (κ3) is 4.80. The van der Waals surface area contributed by atoms with Gasteiger partial charge in [-0.3, -0.25) is 4.90 Å². The van der Waals surface area contributed by atoms with Crippen LogP contribution in [0.3, 0.4) is 0 Å². The van der Waals surface area contributed by atoms with Crippen LogP contribution in [-0.2, 0) is 18.3 Å². The van der Waals surface area contributed by atoms with Crippen molar-refractivity contribution < 1.29 is 4.74 Å². The lowest BCUT2D eigenvalue weighted by Gasteiger charge is -2.40. The molecule has 0 aromatic carbocycles. The fraction of sp³-hybridized carbons (Fsp3) is 0.812. The van der Waals surface area contributed by atoms with Gasteiger partial charge in [-0.15, -0.1) is 0 Å². The highest BCUT2D eigenvalue weighted by Gasteiger charge is 2.33. The molecule has 5 nitrogen and oxygen atoms in total. The molecule has 1 N–H and O–H groups in total. The molecular weight excluding hydrogens is 264 g/mol. The predicted octanol–water partition coefficient (Wildman–Crippen LogP) is 1.65. The summed E-state index contributed by atoms with van der Waals surface area (Å²) in [5.74, 6) is 1.13. The second-order valence-corrected chi connectivity index (χ2v) is 6.42. The Morgan fingerprint density at radius 3 is 2.81 bits per heavy atom. The Bertz CT molecular complexity index is 412. The number of hydrogen-bond donors (Lipinski definition) is 1. The van der Waals surface area contributed by atoms with Gasteiger partial charge < -0.3 is 14.6 Å². The molecule has 1 aliphatic rings. The van der Waals surface area contributed by atoms with E-state index in [-0.39, 0.29) is 0 Å². The third-order valence-corrected chi connectivity index (χ3v) is 4.42. The van der Waals surface area contributed by atoms with Crippen LogP contribution in [0.4, 0.5) is 0 Å². The summed E-state index contributed by atoms with van der Waals surface area (Å²) in [6.07, 6.45) is 7.37. The maximum absolute atomic E-state index is 5.57. The largest absolute Gasteiger partial charge is 0.381 e. The van der Waals surface area contributed by atoms with Crippen molar-refractivity contribution in [1.29, 1.82) is 0 Å². The van der Waals surface area contributed by atoms with Crippen molar-refractivity contribution in [2.75, 3.05) is 39.9 Å². The van der Waals surface area contributed by atoms with Crippen molar-refractivity contribution in [2.24, 2.45) is 12.5 Å². The van der Waals surface area contributed by atoms with Crippen LogP contribution >= 0.6 is 0 Å². The lowest BCUT2D eigenvalue weighted by atomic mass is 9.79. The quantitative estimate of drug-likeness (QED) is 0.740. The molecule has 0 aliphatic carbocycles. The van der Waals surface area contributed by atoms with E-state index in [0.717, 1.165) is 58.1 Å². The molecule has 1 saturated heterocycles.